The Kier molecular flexibility index (Phi) is 8.56. The molecule has 5 rings (SSSR count). The van der Waals surface area contributed by atoms with Gasteiger partial charge in [0.15, 0.2) is 0 Å². The van der Waals surface area contributed by atoms with Gasteiger partial charge in [0.25, 0.3) is 0 Å². The lowest BCUT2D eigenvalue weighted by Crippen LogP contribution is -2.51. The predicted molar refractivity (Wildman–Crippen MR) is 160 cm³/mol. The summed E-state index contributed by atoms with van der Waals surface area (Å²) < 4.78 is 11.6. The first-order valence-electron chi connectivity index (χ1n) is 16.3. The summed E-state index contributed by atoms with van der Waals surface area (Å²) in [5.74, 6) is 5.72. The fourth-order valence-corrected chi connectivity index (χ4v) is 9.83. The van der Waals surface area contributed by atoms with Crippen molar-refractivity contribution in [1.29, 1.82) is 0 Å². The summed E-state index contributed by atoms with van der Waals surface area (Å²) in [7, 11) is 0. The van der Waals surface area contributed by atoms with E-state index >= 15 is 0 Å². The van der Waals surface area contributed by atoms with E-state index in [4.69, 9.17) is 9.47 Å². The van der Waals surface area contributed by atoms with E-state index in [0.29, 0.717) is 17.6 Å². The first kappa shape index (κ1) is 28.7. The molecule has 39 heavy (non-hydrogen) atoms. The van der Waals surface area contributed by atoms with E-state index in [1.807, 2.05) is 31.2 Å². The molecule has 1 aromatic carbocycles. The largest absolute Gasteiger partial charge is 0.494 e. The first-order valence-corrected chi connectivity index (χ1v) is 16.3. The molecule has 8 atom stereocenters. The molecule has 0 bridgehead atoms. The lowest BCUT2D eigenvalue weighted by molar-refractivity contribution is -0.0594. The predicted octanol–water partition coefficient (Wildman–Crippen LogP) is 9.65. The number of carbonyl (C=O) groups is 1. The number of carbonyl (C=O) groups excluding carboxylic acids is 1. The van der Waals surface area contributed by atoms with Crippen LogP contribution < -0.4 is 4.74 Å². The van der Waals surface area contributed by atoms with Crippen LogP contribution in [-0.2, 0) is 4.74 Å². The minimum absolute atomic E-state index is 0.00338. The summed E-state index contributed by atoms with van der Waals surface area (Å²) >= 11 is 0. The fourth-order valence-electron chi connectivity index (χ4n) is 9.83. The quantitative estimate of drug-likeness (QED) is 0.234. The van der Waals surface area contributed by atoms with Crippen LogP contribution in [0.15, 0.2) is 35.9 Å². The highest BCUT2D eigenvalue weighted by atomic mass is 16.5. The average Bonchev–Trinajstić information content (AvgIpc) is 3.26. The SMILES string of the molecule is CCOc1ccc(C(=O)OC2CC[C@@]3(C)C(=CC[C@H]4[C@@H]5CC[C@H]([C@H](C)CCCC(C)C)[C@@]5(C)CC[C@@H]43)C2)cc1. The van der Waals surface area contributed by atoms with Crippen molar-refractivity contribution in [3.63, 3.8) is 0 Å². The van der Waals surface area contributed by atoms with Crippen molar-refractivity contribution in [2.75, 3.05) is 6.61 Å². The van der Waals surface area contributed by atoms with Crippen molar-refractivity contribution in [1.82, 2.24) is 0 Å². The van der Waals surface area contributed by atoms with Crippen LogP contribution >= 0.6 is 0 Å². The normalized spacial score (nSPS) is 36.4. The van der Waals surface area contributed by atoms with Crippen LogP contribution in [0.5, 0.6) is 5.75 Å². The Bertz CT molecular complexity index is 1020. The Morgan fingerprint density at radius 2 is 1.74 bits per heavy atom. The molecular formula is C36H54O3. The highest BCUT2D eigenvalue weighted by Gasteiger charge is 2.59. The molecule has 1 unspecified atom stereocenters. The molecule has 0 amide bonds. The lowest BCUT2D eigenvalue weighted by atomic mass is 9.47. The fraction of sp³-hybridized carbons (Fsp3) is 0.750. The third-order valence-corrected chi connectivity index (χ3v) is 11.9. The van der Waals surface area contributed by atoms with Gasteiger partial charge in [0.05, 0.1) is 12.2 Å². The summed E-state index contributed by atoms with van der Waals surface area (Å²) in [6, 6.07) is 7.37. The minimum atomic E-state index is -0.200. The summed E-state index contributed by atoms with van der Waals surface area (Å²) in [6.45, 7) is 15.1. The number of hydrogen-bond donors (Lipinski definition) is 0. The number of esters is 1. The van der Waals surface area contributed by atoms with E-state index in [9.17, 15) is 4.79 Å². The second-order valence-electron chi connectivity index (χ2n) is 14.5. The summed E-state index contributed by atoms with van der Waals surface area (Å²) in [5.41, 5.74) is 3.02. The topological polar surface area (TPSA) is 35.5 Å². The van der Waals surface area contributed by atoms with Crippen LogP contribution in [0.2, 0.25) is 0 Å². The Morgan fingerprint density at radius 3 is 2.46 bits per heavy atom. The molecule has 0 aromatic heterocycles. The van der Waals surface area contributed by atoms with E-state index < -0.39 is 0 Å². The second kappa shape index (κ2) is 11.6. The molecule has 0 aliphatic heterocycles. The molecule has 3 saturated carbocycles. The molecular weight excluding hydrogens is 480 g/mol. The maximum absolute atomic E-state index is 12.9. The standard InChI is InChI=1S/C36H54O3/c1-7-38-28-14-11-26(12-15-28)34(37)39-29-19-21-35(5)27(23-29)13-16-30-32-18-17-31(25(4)10-8-9-24(2)3)36(32,6)22-20-33(30)35/h11-15,24-25,29-33H,7-10,16-23H2,1-6H3/t25-,29?,30+,31-,32+,33+,35+,36-/m1/s1. The molecule has 0 saturated heterocycles. The Morgan fingerprint density at radius 1 is 0.974 bits per heavy atom. The van der Waals surface area contributed by atoms with Crippen LogP contribution in [0.3, 0.4) is 0 Å². The van der Waals surface area contributed by atoms with Crippen LogP contribution in [0, 0.1) is 46.3 Å². The van der Waals surface area contributed by atoms with Crippen molar-refractivity contribution < 1.29 is 14.3 Å². The van der Waals surface area contributed by atoms with Crippen LogP contribution in [-0.4, -0.2) is 18.7 Å². The number of allylic oxidation sites excluding steroid dienone is 1. The van der Waals surface area contributed by atoms with Crippen LogP contribution in [0.4, 0.5) is 0 Å². The molecule has 4 aliphatic carbocycles. The maximum Gasteiger partial charge on any atom is 0.338 e. The molecule has 1 aromatic rings. The van der Waals surface area contributed by atoms with Crippen molar-refractivity contribution in [3.8, 4) is 5.75 Å². The number of rotatable bonds is 9. The zero-order valence-corrected chi connectivity index (χ0v) is 25.6. The maximum atomic E-state index is 12.9. The molecule has 3 fully saturated rings. The van der Waals surface area contributed by atoms with E-state index in [0.717, 1.165) is 60.5 Å². The van der Waals surface area contributed by atoms with Gasteiger partial charge in [-0.2, -0.15) is 0 Å². The van der Waals surface area contributed by atoms with Gasteiger partial charge in [0.2, 0.25) is 0 Å². The van der Waals surface area contributed by atoms with Gasteiger partial charge in [-0.05, 0) is 122 Å². The minimum Gasteiger partial charge on any atom is -0.494 e. The Labute approximate surface area is 238 Å². The Balaban J connectivity index is 1.22. The van der Waals surface area contributed by atoms with Crippen LogP contribution in [0.1, 0.15) is 123 Å². The van der Waals surface area contributed by atoms with E-state index in [1.54, 1.807) is 5.57 Å². The van der Waals surface area contributed by atoms with Crippen molar-refractivity contribution in [2.24, 2.45) is 46.3 Å². The van der Waals surface area contributed by atoms with Gasteiger partial charge >= 0.3 is 5.97 Å². The van der Waals surface area contributed by atoms with Gasteiger partial charge < -0.3 is 9.47 Å². The zero-order chi connectivity index (χ0) is 27.8. The number of benzene rings is 1. The number of hydrogen-bond acceptors (Lipinski definition) is 3. The summed E-state index contributed by atoms with van der Waals surface area (Å²) in [4.78, 5) is 12.9. The Hall–Kier alpha value is -1.77. The summed E-state index contributed by atoms with van der Waals surface area (Å²) in [6.07, 6.45) is 16.8. The smallest absolute Gasteiger partial charge is 0.338 e. The molecule has 3 heteroatoms. The van der Waals surface area contributed by atoms with Gasteiger partial charge in [-0.25, -0.2) is 4.79 Å². The third kappa shape index (κ3) is 5.58. The second-order valence-corrected chi connectivity index (χ2v) is 14.5. The molecule has 4 aliphatic rings. The molecule has 0 N–H and O–H groups in total. The third-order valence-electron chi connectivity index (χ3n) is 11.9. The average molecular weight is 535 g/mol. The molecule has 3 nitrogen and oxygen atoms in total. The molecule has 216 valence electrons. The van der Waals surface area contributed by atoms with Gasteiger partial charge in [-0.15, -0.1) is 0 Å². The number of fused-ring (bicyclic) bond motifs is 5. The summed E-state index contributed by atoms with van der Waals surface area (Å²) in [5, 5.41) is 0. The van der Waals surface area contributed by atoms with E-state index in [1.165, 1.54) is 51.4 Å². The van der Waals surface area contributed by atoms with Crippen molar-refractivity contribution in [3.05, 3.63) is 41.5 Å². The molecule has 0 spiro atoms. The lowest BCUT2D eigenvalue weighted by Gasteiger charge is -2.58. The van der Waals surface area contributed by atoms with E-state index in [2.05, 4.69) is 40.7 Å². The van der Waals surface area contributed by atoms with Crippen molar-refractivity contribution in [2.45, 2.75) is 118 Å². The van der Waals surface area contributed by atoms with Gasteiger partial charge in [0, 0.05) is 6.42 Å². The molecule has 0 heterocycles. The molecule has 0 radical (unpaired) electrons. The number of ether oxygens (including phenoxy) is 2. The highest BCUT2D eigenvalue weighted by molar-refractivity contribution is 5.89. The first-order chi connectivity index (χ1) is 18.7. The van der Waals surface area contributed by atoms with Crippen LogP contribution in [0.25, 0.3) is 0 Å². The monoisotopic (exact) mass is 534 g/mol. The zero-order valence-electron chi connectivity index (χ0n) is 25.6. The van der Waals surface area contributed by atoms with Gasteiger partial charge in [-0.1, -0.05) is 65.5 Å². The van der Waals surface area contributed by atoms with Gasteiger partial charge in [-0.3, -0.25) is 0 Å². The van der Waals surface area contributed by atoms with Gasteiger partial charge in [0.1, 0.15) is 11.9 Å². The highest BCUT2D eigenvalue weighted by Crippen LogP contribution is 2.67. The van der Waals surface area contributed by atoms with Crippen molar-refractivity contribution >= 4 is 5.97 Å². The van der Waals surface area contributed by atoms with E-state index in [-0.39, 0.29) is 17.5 Å².